The second-order valence-corrected chi connectivity index (χ2v) is 11.6. The van der Waals surface area contributed by atoms with Gasteiger partial charge in [0.1, 0.15) is 5.75 Å². The molecule has 0 atom stereocenters. The van der Waals surface area contributed by atoms with Crippen LogP contribution in [0.5, 0.6) is 5.75 Å². The third-order valence-electron chi connectivity index (χ3n) is 5.76. The van der Waals surface area contributed by atoms with Gasteiger partial charge < -0.3 is 19.9 Å². The van der Waals surface area contributed by atoms with Gasteiger partial charge in [-0.15, -0.1) is 10.2 Å². The van der Waals surface area contributed by atoms with Gasteiger partial charge in [0.25, 0.3) is 5.91 Å². The molecule has 2 amide bonds. The van der Waals surface area contributed by atoms with E-state index >= 15 is 0 Å². The number of nitrogens with zero attached hydrogens (tertiary/aromatic N) is 3. The maximum atomic E-state index is 12.6. The highest BCUT2D eigenvalue weighted by atomic mass is 127. The third kappa shape index (κ3) is 8.19. The first-order chi connectivity index (χ1) is 17.5. The summed E-state index contributed by atoms with van der Waals surface area (Å²) in [6, 6.07) is 12.0. The quantitative estimate of drug-likeness (QED) is 0.216. The minimum atomic E-state index is -0.244. The lowest BCUT2D eigenvalue weighted by Gasteiger charge is -2.15. The zero-order valence-electron chi connectivity index (χ0n) is 22.1. The monoisotopic (exact) mass is 635 g/mol. The highest BCUT2D eigenvalue weighted by Crippen LogP contribution is 2.28. The maximum absolute atomic E-state index is 12.6. The van der Waals surface area contributed by atoms with E-state index in [2.05, 4.69) is 77.2 Å². The molecule has 3 rings (SSSR count). The number of aryl methyl sites for hydroxylation is 1. The second-order valence-electron chi connectivity index (χ2n) is 9.44. The van der Waals surface area contributed by atoms with Crippen LogP contribution in [0.15, 0.2) is 41.6 Å². The number of benzene rings is 2. The number of rotatable bonds is 11. The van der Waals surface area contributed by atoms with E-state index in [9.17, 15) is 9.59 Å². The van der Waals surface area contributed by atoms with Crippen molar-refractivity contribution in [3.05, 3.63) is 62.5 Å². The summed E-state index contributed by atoms with van der Waals surface area (Å²) >= 11 is 3.57. The number of hydrogen-bond donors (Lipinski definition) is 2. The Morgan fingerprint density at radius 2 is 1.76 bits per heavy atom. The first kappa shape index (κ1) is 29.0. The lowest BCUT2D eigenvalue weighted by molar-refractivity contribution is -0.123. The van der Waals surface area contributed by atoms with Crippen LogP contribution < -0.4 is 15.4 Å². The van der Waals surface area contributed by atoms with Gasteiger partial charge in [0, 0.05) is 16.3 Å². The van der Waals surface area contributed by atoms with Gasteiger partial charge in [-0.05, 0) is 82.3 Å². The van der Waals surface area contributed by atoms with Crippen molar-refractivity contribution in [3.63, 3.8) is 0 Å². The van der Waals surface area contributed by atoms with Crippen LogP contribution in [0.1, 0.15) is 62.0 Å². The molecule has 198 valence electrons. The molecule has 0 saturated carbocycles. The Balaban J connectivity index is 1.50. The normalized spacial score (nSPS) is 11.2. The smallest absolute Gasteiger partial charge is 0.258 e. The predicted molar refractivity (Wildman–Crippen MR) is 156 cm³/mol. The number of halogens is 1. The summed E-state index contributed by atoms with van der Waals surface area (Å²) in [7, 11) is 1.82. The second kappa shape index (κ2) is 13.3. The Morgan fingerprint density at radius 3 is 2.46 bits per heavy atom. The summed E-state index contributed by atoms with van der Waals surface area (Å²) in [5.74, 6) is 1.76. The largest absolute Gasteiger partial charge is 0.483 e. The molecule has 0 bridgehead atoms. The van der Waals surface area contributed by atoms with Gasteiger partial charge in [-0.25, -0.2) is 0 Å². The predicted octanol–water partition coefficient (Wildman–Crippen LogP) is 5.40. The van der Waals surface area contributed by atoms with Gasteiger partial charge in [-0.3, -0.25) is 9.59 Å². The van der Waals surface area contributed by atoms with Crippen LogP contribution in [-0.2, 0) is 23.2 Å². The van der Waals surface area contributed by atoms with Gasteiger partial charge in [0.05, 0.1) is 12.3 Å². The molecule has 2 N–H and O–H groups in total. The molecule has 3 aromatic rings. The number of ether oxygens (including phenoxy) is 1. The molecule has 2 aromatic carbocycles. The fourth-order valence-corrected chi connectivity index (χ4v) is 4.93. The van der Waals surface area contributed by atoms with Gasteiger partial charge >= 0.3 is 0 Å². The lowest BCUT2D eigenvalue weighted by atomic mass is 10.0. The maximum Gasteiger partial charge on any atom is 0.258 e. The van der Waals surface area contributed by atoms with Gasteiger partial charge in [-0.2, -0.15) is 0 Å². The van der Waals surface area contributed by atoms with E-state index in [4.69, 9.17) is 4.74 Å². The van der Waals surface area contributed by atoms with Crippen LogP contribution >= 0.6 is 34.4 Å². The summed E-state index contributed by atoms with van der Waals surface area (Å²) in [5, 5.41) is 14.8. The van der Waals surface area contributed by atoms with Crippen molar-refractivity contribution < 1.29 is 14.3 Å². The molecule has 0 spiro atoms. The molecule has 0 aliphatic rings. The fraction of sp³-hybridized carbons (Fsp3) is 0.407. The molecule has 10 heteroatoms. The molecule has 1 aromatic heterocycles. The summed E-state index contributed by atoms with van der Waals surface area (Å²) < 4.78 is 8.72. The van der Waals surface area contributed by atoms with E-state index in [1.807, 2.05) is 44.3 Å². The molecular formula is C27H34IN5O3S. The third-order valence-corrected chi connectivity index (χ3v) is 7.45. The van der Waals surface area contributed by atoms with Crippen LogP contribution in [0.4, 0.5) is 5.69 Å². The molecule has 8 nitrogen and oxygen atoms in total. The zero-order valence-corrected chi connectivity index (χ0v) is 25.1. The molecule has 0 fully saturated rings. The molecule has 0 saturated heterocycles. The minimum Gasteiger partial charge on any atom is -0.483 e. The van der Waals surface area contributed by atoms with Crippen LogP contribution in [0.25, 0.3) is 0 Å². The van der Waals surface area contributed by atoms with E-state index in [1.54, 1.807) is 4.57 Å². The SMILES string of the molecule is Cc1ccc(C(C)C)c(OCC(=O)NCc2nnc(SCC(=O)Nc3ccc(I)cc3C(C)C)n2C)c1. The van der Waals surface area contributed by atoms with Crippen LogP contribution in [0, 0.1) is 10.5 Å². The van der Waals surface area contributed by atoms with Crippen molar-refractivity contribution in [2.24, 2.45) is 7.05 Å². The van der Waals surface area contributed by atoms with Crippen LogP contribution in [-0.4, -0.2) is 38.9 Å². The lowest BCUT2D eigenvalue weighted by Crippen LogP contribution is -2.29. The summed E-state index contributed by atoms with van der Waals surface area (Å²) in [5.41, 5.74) is 4.08. The van der Waals surface area contributed by atoms with Crippen LogP contribution in [0.2, 0.25) is 0 Å². The van der Waals surface area contributed by atoms with Gasteiger partial charge in [-0.1, -0.05) is 51.6 Å². The molecule has 0 unspecified atom stereocenters. The highest BCUT2D eigenvalue weighted by molar-refractivity contribution is 14.1. The van der Waals surface area contributed by atoms with Crippen molar-refractivity contribution in [1.82, 2.24) is 20.1 Å². The number of anilines is 1. The first-order valence-electron chi connectivity index (χ1n) is 12.2. The molecular weight excluding hydrogens is 601 g/mol. The molecule has 0 radical (unpaired) electrons. The number of thioether (sulfide) groups is 1. The zero-order chi connectivity index (χ0) is 27.1. The number of nitrogens with one attached hydrogen (secondary N) is 2. The number of carbonyl (C=O) groups is 2. The van der Waals surface area contributed by atoms with Crippen molar-refractivity contribution >= 4 is 51.9 Å². The summed E-state index contributed by atoms with van der Waals surface area (Å²) in [6.45, 7) is 10.5. The fourth-order valence-electron chi connectivity index (χ4n) is 3.68. The average molecular weight is 636 g/mol. The number of amides is 2. The minimum absolute atomic E-state index is 0.0836. The highest BCUT2D eigenvalue weighted by Gasteiger charge is 2.15. The molecule has 1 heterocycles. The Bertz CT molecular complexity index is 1260. The first-order valence-corrected chi connectivity index (χ1v) is 14.2. The van der Waals surface area contributed by atoms with Crippen molar-refractivity contribution in [3.8, 4) is 5.75 Å². The average Bonchev–Trinajstić information content (AvgIpc) is 3.20. The van der Waals surface area contributed by atoms with Crippen molar-refractivity contribution in [2.45, 2.75) is 58.2 Å². The van der Waals surface area contributed by atoms with E-state index < -0.39 is 0 Å². The van der Waals surface area contributed by atoms with E-state index in [0.29, 0.717) is 22.8 Å². The Morgan fingerprint density at radius 1 is 1.03 bits per heavy atom. The van der Waals surface area contributed by atoms with Crippen molar-refractivity contribution in [2.75, 3.05) is 17.7 Å². The number of hydrogen-bond acceptors (Lipinski definition) is 6. The van der Waals surface area contributed by atoms with E-state index in [1.165, 1.54) is 11.8 Å². The number of aromatic nitrogens is 3. The van der Waals surface area contributed by atoms with Crippen molar-refractivity contribution in [1.29, 1.82) is 0 Å². The van der Waals surface area contributed by atoms with Crippen LogP contribution in [0.3, 0.4) is 0 Å². The molecule has 0 aliphatic carbocycles. The number of carbonyl (C=O) groups excluding carboxylic acids is 2. The van der Waals surface area contributed by atoms with E-state index in [0.717, 1.165) is 31.7 Å². The van der Waals surface area contributed by atoms with E-state index in [-0.39, 0.29) is 30.7 Å². The van der Waals surface area contributed by atoms with Gasteiger partial charge in [0.2, 0.25) is 5.91 Å². The Kier molecular flexibility index (Phi) is 10.4. The Labute approximate surface area is 236 Å². The summed E-state index contributed by atoms with van der Waals surface area (Å²) in [6.07, 6.45) is 0. The molecule has 37 heavy (non-hydrogen) atoms. The summed E-state index contributed by atoms with van der Waals surface area (Å²) in [4.78, 5) is 25.0. The van der Waals surface area contributed by atoms with Gasteiger partial charge in [0.15, 0.2) is 17.6 Å². The topological polar surface area (TPSA) is 98.1 Å². The Hall–Kier alpha value is -2.60. The molecule has 0 aliphatic heterocycles. The standard InChI is InChI=1S/C27H34IN5O3S/c1-16(2)20-9-7-18(5)11-23(20)36-14-25(34)29-13-24-31-32-27(33(24)6)37-15-26(35)30-22-10-8-19(28)12-21(22)17(3)4/h7-12,16-17H,13-15H2,1-6H3,(H,29,34)(H,30,35).